The van der Waals surface area contributed by atoms with Gasteiger partial charge in [-0.2, -0.15) is 13.1 Å². The van der Waals surface area contributed by atoms with Gasteiger partial charge in [0.1, 0.15) is 5.82 Å². The molecule has 3 aromatic rings. The second-order valence-electron chi connectivity index (χ2n) is 7.58. The van der Waals surface area contributed by atoms with Crippen LogP contribution >= 0.6 is 11.6 Å². The number of hydrogen-bond donors (Lipinski definition) is 3. The van der Waals surface area contributed by atoms with Crippen LogP contribution in [0.2, 0.25) is 5.02 Å². The lowest BCUT2D eigenvalue weighted by Crippen LogP contribution is -2.29. The lowest BCUT2D eigenvalue weighted by atomic mass is 10.1. The summed E-state index contributed by atoms with van der Waals surface area (Å²) in [6.07, 6.45) is 0. The smallest absolute Gasteiger partial charge is 0.301 e. The van der Waals surface area contributed by atoms with E-state index in [0.29, 0.717) is 22.0 Å². The molecule has 176 valence electrons. The van der Waals surface area contributed by atoms with E-state index in [9.17, 15) is 22.4 Å². The van der Waals surface area contributed by atoms with Crippen LogP contribution in [0.25, 0.3) is 0 Å². The molecule has 1 aliphatic rings. The normalized spacial score (nSPS) is 14.6. The first-order chi connectivity index (χ1) is 16.1. The van der Waals surface area contributed by atoms with E-state index < -0.39 is 21.9 Å². The standard InChI is InChI=1S/C23H20ClFN4O4S/c1-14-5-6-17(12-21(14)28-22(30)15-3-2-4-16(24)11-15)27-23(31)19-8-7-18(13-20(19)25)29-10-9-26-34(29,32)33/h2-8,11-13,26H,9-10H2,1H3,(H,27,31)(H,28,30). The largest absolute Gasteiger partial charge is 0.322 e. The second kappa shape index (κ2) is 9.41. The Morgan fingerprint density at radius 1 is 1.03 bits per heavy atom. The average Bonchev–Trinajstić information content (AvgIpc) is 3.14. The number of carbonyl (C=O) groups is 2. The van der Waals surface area contributed by atoms with E-state index in [1.165, 1.54) is 18.2 Å². The molecule has 0 aromatic heterocycles. The lowest BCUT2D eigenvalue weighted by Gasteiger charge is -2.16. The van der Waals surface area contributed by atoms with E-state index in [4.69, 9.17) is 11.6 Å². The number of aryl methyl sites for hydroxylation is 1. The number of amides is 2. The average molecular weight is 503 g/mol. The zero-order chi connectivity index (χ0) is 24.5. The minimum Gasteiger partial charge on any atom is -0.322 e. The zero-order valence-electron chi connectivity index (χ0n) is 17.9. The topological polar surface area (TPSA) is 108 Å². The maximum absolute atomic E-state index is 14.7. The molecule has 0 spiro atoms. The van der Waals surface area contributed by atoms with Crippen LogP contribution < -0.4 is 19.7 Å². The quantitative estimate of drug-likeness (QED) is 0.491. The van der Waals surface area contributed by atoms with Crippen molar-refractivity contribution in [3.05, 3.63) is 88.2 Å². The van der Waals surface area contributed by atoms with Crippen LogP contribution in [-0.4, -0.2) is 33.3 Å². The minimum absolute atomic E-state index is 0.125. The van der Waals surface area contributed by atoms with E-state index in [1.54, 1.807) is 43.3 Å². The van der Waals surface area contributed by atoms with Gasteiger partial charge in [-0.1, -0.05) is 23.7 Å². The second-order valence-corrected chi connectivity index (χ2v) is 9.70. The summed E-state index contributed by atoms with van der Waals surface area (Å²) in [6, 6.07) is 15.0. The molecular formula is C23H20ClFN4O4S. The summed E-state index contributed by atoms with van der Waals surface area (Å²) in [5.74, 6) is -1.96. The van der Waals surface area contributed by atoms with Gasteiger partial charge in [0, 0.05) is 35.1 Å². The van der Waals surface area contributed by atoms with E-state index >= 15 is 0 Å². The first-order valence-electron chi connectivity index (χ1n) is 10.2. The molecule has 8 nitrogen and oxygen atoms in total. The van der Waals surface area contributed by atoms with E-state index in [1.807, 2.05) is 0 Å². The Kier molecular flexibility index (Phi) is 6.56. The fourth-order valence-electron chi connectivity index (χ4n) is 3.44. The molecule has 3 aromatic carbocycles. The van der Waals surface area contributed by atoms with E-state index in [2.05, 4.69) is 15.4 Å². The molecule has 0 bridgehead atoms. The molecule has 0 saturated carbocycles. The van der Waals surface area contributed by atoms with Crippen molar-refractivity contribution >= 4 is 50.7 Å². The predicted molar refractivity (Wildman–Crippen MR) is 129 cm³/mol. The molecule has 1 saturated heterocycles. The number of carbonyl (C=O) groups excluding carboxylic acids is 2. The number of rotatable bonds is 5. The number of halogens is 2. The van der Waals surface area contributed by atoms with Crippen molar-refractivity contribution in [2.24, 2.45) is 0 Å². The molecule has 1 fully saturated rings. The highest BCUT2D eigenvalue weighted by molar-refractivity contribution is 7.91. The summed E-state index contributed by atoms with van der Waals surface area (Å²) in [5, 5.41) is 5.80. The summed E-state index contributed by atoms with van der Waals surface area (Å²) in [4.78, 5) is 25.2. The van der Waals surface area contributed by atoms with Crippen LogP contribution in [0.3, 0.4) is 0 Å². The summed E-state index contributed by atoms with van der Waals surface area (Å²) in [7, 11) is -3.71. The highest BCUT2D eigenvalue weighted by Gasteiger charge is 2.28. The van der Waals surface area contributed by atoms with Crippen molar-refractivity contribution in [1.29, 1.82) is 0 Å². The van der Waals surface area contributed by atoms with Crippen molar-refractivity contribution < 1.29 is 22.4 Å². The maximum Gasteiger partial charge on any atom is 0.301 e. The van der Waals surface area contributed by atoms with Crippen molar-refractivity contribution in [3.63, 3.8) is 0 Å². The van der Waals surface area contributed by atoms with Gasteiger partial charge < -0.3 is 10.6 Å². The summed E-state index contributed by atoms with van der Waals surface area (Å²) in [5.41, 5.74) is 1.80. The van der Waals surface area contributed by atoms with Gasteiger partial charge in [0.05, 0.1) is 11.3 Å². The highest BCUT2D eigenvalue weighted by Crippen LogP contribution is 2.25. The van der Waals surface area contributed by atoms with E-state index in [-0.39, 0.29) is 30.2 Å². The molecule has 0 radical (unpaired) electrons. The Balaban J connectivity index is 1.51. The Morgan fingerprint density at radius 2 is 1.82 bits per heavy atom. The van der Waals surface area contributed by atoms with Gasteiger partial charge in [-0.3, -0.25) is 13.9 Å². The summed E-state index contributed by atoms with van der Waals surface area (Å²) < 4.78 is 41.9. The third-order valence-electron chi connectivity index (χ3n) is 5.21. The number of benzene rings is 3. The van der Waals surface area contributed by atoms with Gasteiger partial charge >= 0.3 is 10.2 Å². The van der Waals surface area contributed by atoms with Crippen LogP contribution in [0.4, 0.5) is 21.5 Å². The Hall–Kier alpha value is -3.47. The van der Waals surface area contributed by atoms with Crippen molar-refractivity contribution in [3.8, 4) is 0 Å². The SMILES string of the molecule is Cc1ccc(NC(=O)c2ccc(N3CCNS3(=O)=O)cc2F)cc1NC(=O)c1cccc(Cl)c1. The van der Waals surface area contributed by atoms with Crippen LogP contribution in [0.1, 0.15) is 26.3 Å². The van der Waals surface area contributed by atoms with E-state index in [0.717, 1.165) is 15.9 Å². The molecule has 1 aliphatic heterocycles. The molecule has 3 N–H and O–H groups in total. The van der Waals surface area contributed by atoms with Crippen molar-refractivity contribution in [2.45, 2.75) is 6.92 Å². The van der Waals surface area contributed by atoms with Gasteiger partial charge in [0.15, 0.2) is 0 Å². The van der Waals surface area contributed by atoms with Gasteiger partial charge in [0.2, 0.25) is 0 Å². The Morgan fingerprint density at radius 3 is 2.50 bits per heavy atom. The van der Waals surface area contributed by atoms with Crippen LogP contribution in [0, 0.1) is 12.7 Å². The lowest BCUT2D eigenvalue weighted by molar-refractivity contribution is 0.101. The molecular weight excluding hydrogens is 483 g/mol. The number of nitrogens with zero attached hydrogens (tertiary/aromatic N) is 1. The number of hydrogen-bond acceptors (Lipinski definition) is 4. The van der Waals surface area contributed by atoms with Crippen LogP contribution in [0.5, 0.6) is 0 Å². The van der Waals surface area contributed by atoms with Crippen LogP contribution in [0.15, 0.2) is 60.7 Å². The molecule has 0 unspecified atom stereocenters. The molecule has 11 heteroatoms. The molecule has 0 atom stereocenters. The Bertz CT molecular complexity index is 1400. The van der Waals surface area contributed by atoms with Crippen molar-refractivity contribution in [2.75, 3.05) is 28.0 Å². The summed E-state index contributed by atoms with van der Waals surface area (Å²) >= 11 is 5.94. The molecule has 4 rings (SSSR count). The number of nitrogens with one attached hydrogen (secondary N) is 3. The molecule has 1 heterocycles. The monoisotopic (exact) mass is 502 g/mol. The van der Waals surface area contributed by atoms with Gasteiger partial charge in [-0.25, -0.2) is 4.39 Å². The molecule has 34 heavy (non-hydrogen) atoms. The Labute approximate surface area is 200 Å². The fourth-order valence-corrected chi connectivity index (χ4v) is 4.86. The third-order valence-corrected chi connectivity index (χ3v) is 6.98. The van der Waals surface area contributed by atoms with Gasteiger partial charge in [-0.15, -0.1) is 0 Å². The fraction of sp³-hybridized carbons (Fsp3) is 0.130. The van der Waals surface area contributed by atoms with Gasteiger partial charge in [-0.05, 0) is 61.0 Å². The zero-order valence-corrected chi connectivity index (χ0v) is 19.5. The predicted octanol–water partition coefficient (Wildman–Crippen LogP) is 3.95. The first-order valence-corrected chi connectivity index (χ1v) is 12.0. The highest BCUT2D eigenvalue weighted by atomic mass is 35.5. The number of anilines is 3. The minimum atomic E-state index is -3.71. The first kappa shape index (κ1) is 23.7. The summed E-state index contributed by atoms with van der Waals surface area (Å²) in [6.45, 7) is 2.18. The van der Waals surface area contributed by atoms with Crippen LogP contribution in [-0.2, 0) is 10.2 Å². The van der Waals surface area contributed by atoms with Crippen molar-refractivity contribution in [1.82, 2.24) is 4.72 Å². The maximum atomic E-state index is 14.7. The molecule has 0 aliphatic carbocycles. The van der Waals surface area contributed by atoms with Gasteiger partial charge in [0.25, 0.3) is 11.8 Å². The molecule has 2 amide bonds. The third kappa shape index (κ3) is 5.04.